The molecule has 2 saturated heterocycles. The van der Waals surface area contributed by atoms with Gasteiger partial charge in [-0.25, -0.2) is 9.59 Å². The number of carboxylic acid groups (broad SMARTS) is 1. The number of unbranched alkanes of at least 4 members (excludes halogenated alkanes) is 1. The van der Waals surface area contributed by atoms with Gasteiger partial charge in [0.05, 0.1) is 41.1 Å². The second-order valence-corrected chi connectivity index (χ2v) is 21.0. The minimum atomic E-state index is -1.69. The van der Waals surface area contributed by atoms with Crippen LogP contribution in [-0.4, -0.2) is 155 Å². The SMILES string of the molecule is CC1O[C@@H](O[C@@H]2C(C)CC(C(=O)CCCCc3cn(CCCC4=CCc5ccc([N+](=O)[O-])cc54)nn3)C[C@H]2O[C@@H]2O[C@@H](CO)[C@H](O)C(O[C@@H](CC3CCCCC3)C(=O)O)C2OC(=O)c2ccccc2)C(O)[C@@H](O)[C@@H]1O. The predicted molar refractivity (Wildman–Crippen MR) is 265 cm³/mol. The molecule has 0 bridgehead atoms. The summed E-state index contributed by atoms with van der Waals surface area (Å²) in [5, 5.41) is 85.0. The number of allylic oxidation sites excluding steroid dienone is 2. The molecular weight excluding hydrogens is 977 g/mol. The number of nitro groups is 1. The molecule has 3 aromatic rings. The fraction of sp³-hybridized carbons (Fsp3) is 0.648. The van der Waals surface area contributed by atoms with Crippen molar-refractivity contribution in [2.45, 2.75) is 196 Å². The number of nitro benzene ring substituents is 1. The van der Waals surface area contributed by atoms with Gasteiger partial charge in [0, 0.05) is 37.2 Å². The largest absolute Gasteiger partial charge is 0.479 e. The van der Waals surface area contributed by atoms with Crippen LogP contribution in [0.25, 0.3) is 5.57 Å². The van der Waals surface area contributed by atoms with Gasteiger partial charge in [0.1, 0.15) is 42.4 Å². The fourth-order valence-corrected chi connectivity index (χ4v) is 11.4. The van der Waals surface area contributed by atoms with Crippen molar-refractivity contribution in [3.63, 3.8) is 0 Å². The number of aryl methyl sites for hydroxylation is 2. The quantitative estimate of drug-likeness (QED) is 0.0326. The molecule has 21 heteroatoms. The number of hydrogen-bond donors (Lipinski definition) is 6. The summed E-state index contributed by atoms with van der Waals surface area (Å²) in [6, 6.07) is 13.0. The number of ketones is 1. The van der Waals surface area contributed by atoms with E-state index in [1.54, 1.807) is 28.9 Å². The van der Waals surface area contributed by atoms with Crippen LogP contribution in [-0.2, 0) is 57.4 Å². The summed E-state index contributed by atoms with van der Waals surface area (Å²) in [5.74, 6) is -3.23. The summed E-state index contributed by atoms with van der Waals surface area (Å²) in [6.45, 7) is 3.19. The first-order chi connectivity index (χ1) is 36.1. The van der Waals surface area contributed by atoms with Crippen molar-refractivity contribution in [3.05, 3.63) is 93.3 Å². The van der Waals surface area contributed by atoms with Gasteiger partial charge in [0.25, 0.3) is 5.69 Å². The zero-order valence-electron chi connectivity index (χ0n) is 42.5. The highest BCUT2D eigenvalue weighted by atomic mass is 16.7. The second-order valence-electron chi connectivity index (χ2n) is 21.0. The number of aliphatic hydroxyl groups excluding tert-OH is 5. The molecule has 2 aromatic carbocycles. The van der Waals surface area contributed by atoms with E-state index in [1.807, 2.05) is 19.2 Å². The molecule has 0 radical (unpaired) electrons. The first-order valence-electron chi connectivity index (χ1n) is 26.6. The number of esters is 1. The van der Waals surface area contributed by atoms with Gasteiger partial charge in [0.2, 0.25) is 0 Å². The topological polar surface area (TPSA) is 302 Å². The van der Waals surface area contributed by atoms with Crippen LogP contribution in [0.1, 0.15) is 124 Å². The first kappa shape index (κ1) is 56.1. The van der Waals surface area contributed by atoms with Crippen LogP contribution in [0.2, 0.25) is 0 Å². The minimum absolute atomic E-state index is 0.0294. The molecule has 0 spiro atoms. The Bertz CT molecular complexity index is 2430. The second kappa shape index (κ2) is 25.8. The van der Waals surface area contributed by atoms with Crippen LogP contribution >= 0.6 is 0 Å². The normalized spacial score (nSPS) is 31.5. The molecule has 3 heterocycles. The first-order valence-corrected chi connectivity index (χ1v) is 26.6. The number of fused-ring (bicyclic) bond motifs is 1. The Morgan fingerprint density at radius 2 is 1.64 bits per heavy atom. The Morgan fingerprint density at radius 3 is 2.37 bits per heavy atom. The zero-order chi connectivity index (χ0) is 53.3. The smallest absolute Gasteiger partial charge is 0.338 e. The molecule has 3 aliphatic carbocycles. The van der Waals surface area contributed by atoms with E-state index in [0.29, 0.717) is 32.2 Å². The number of aliphatic hydroxyl groups is 5. The van der Waals surface area contributed by atoms with Gasteiger partial charge in [-0.3, -0.25) is 19.6 Å². The molecule has 410 valence electrons. The summed E-state index contributed by atoms with van der Waals surface area (Å²) in [5.41, 5.74) is 4.05. The molecule has 1 aromatic heterocycles. The van der Waals surface area contributed by atoms with Crippen molar-refractivity contribution < 1.29 is 78.4 Å². The average molecular weight is 1050 g/mol. The summed E-state index contributed by atoms with van der Waals surface area (Å²) < 4.78 is 39.3. The number of non-ortho nitro benzene ring substituents is 1. The van der Waals surface area contributed by atoms with Gasteiger partial charge < -0.3 is 59.1 Å². The van der Waals surface area contributed by atoms with Crippen LogP contribution < -0.4 is 0 Å². The number of benzene rings is 2. The fourth-order valence-electron chi connectivity index (χ4n) is 11.4. The van der Waals surface area contributed by atoms with Crippen LogP contribution in [0.3, 0.4) is 0 Å². The highest BCUT2D eigenvalue weighted by molar-refractivity contribution is 5.89. The number of aliphatic carboxylic acids is 1. The summed E-state index contributed by atoms with van der Waals surface area (Å²) in [7, 11) is 0. The van der Waals surface area contributed by atoms with Gasteiger partial charge in [-0.05, 0) is 105 Å². The number of Topliss-reactive ketones (excluding diaryl/α,β-unsaturated/α-hetero) is 1. The molecule has 6 N–H and O–H groups in total. The Balaban J connectivity index is 0.957. The predicted octanol–water partition coefficient (Wildman–Crippen LogP) is 4.64. The van der Waals surface area contributed by atoms with Crippen molar-refractivity contribution in [1.82, 2.24) is 15.0 Å². The van der Waals surface area contributed by atoms with Crippen LogP contribution in [0.4, 0.5) is 5.69 Å². The van der Waals surface area contributed by atoms with Crippen LogP contribution in [0.15, 0.2) is 60.8 Å². The number of carboxylic acids is 1. The molecule has 0 amide bonds. The number of rotatable bonds is 23. The summed E-state index contributed by atoms with van der Waals surface area (Å²) in [4.78, 5) is 51.9. The molecule has 2 aliphatic heterocycles. The number of carbonyl (C=O) groups excluding carboxylic acids is 2. The molecular formula is C54H72N4O17. The lowest BCUT2D eigenvalue weighted by molar-refractivity contribution is -0.384. The maximum Gasteiger partial charge on any atom is 0.338 e. The standard InChI is InChI=1S/C54H72N4O17/c1-30-24-36(40(60)18-10-9-17-37-28-57(56-55-37)23-11-16-33-19-20-34-21-22-38(58(68)69)27-39(33)34)26-41(48(30)75-53-47(64)46(63)44(61)31(2)70-53)72-54-50(74-52(67)35-14-7-4-8-15-35)49(45(62)43(29-59)73-54)71-42(51(65)66)25-32-12-5-3-6-13-32/h4,7-8,14-15,19,21-22,27-28,30-32,36,41-50,53-54,59,61-64H,3,5-6,9-13,16-18,20,23-26,29H2,1-2H3,(H,65,66)/t30?,31?,36?,41-,42+,43+,44-,45+,46+,47?,48-,49?,50?,53+,54-/m1/s1. The van der Waals surface area contributed by atoms with Crippen molar-refractivity contribution >= 4 is 29.0 Å². The van der Waals surface area contributed by atoms with E-state index in [2.05, 4.69) is 16.4 Å². The Kier molecular flexibility index (Phi) is 19.3. The van der Waals surface area contributed by atoms with E-state index < -0.39 is 110 Å². The summed E-state index contributed by atoms with van der Waals surface area (Å²) >= 11 is 0. The van der Waals surface area contributed by atoms with Gasteiger partial charge in [-0.1, -0.05) is 74.6 Å². The third-order valence-electron chi connectivity index (χ3n) is 15.6. The average Bonchev–Trinajstić information content (AvgIpc) is 4.04. The molecule has 8 rings (SSSR count). The number of aromatic nitrogens is 3. The molecule has 2 saturated carbocycles. The highest BCUT2D eigenvalue weighted by Crippen LogP contribution is 2.40. The van der Waals surface area contributed by atoms with E-state index in [1.165, 1.54) is 25.1 Å². The molecule has 5 aliphatic rings. The van der Waals surface area contributed by atoms with E-state index in [4.69, 9.17) is 28.4 Å². The maximum absolute atomic E-state index is 14.2. The monoisotopic (exact) mass is 1050 g/mol. The minimum Gasteiger partial charge on any atom is -0.479 e. The molecule has 4 fully saturated rings. The Morgan fingerprint density at radius 1 is 0.867 bits per heavy atom. The number of carbonyl (C=O) groups is 3. The number of nitrogens with zero attached hydrogens (tertiary/aromatic N) is 4. The summed E-state index contributed by atoms with van der Waals surface area (Å²) in [6.07, 6.45) is -5.37. The number of hydrogen-bond acceptors (Lipinski definition) is 18. The Labute approximate surface area is 435 Å². The molecule has 75 heavy (non-hydrogen) atoms. The van der Waals surface area contributed by atoms with Crippen molar-refractivity contribution in [3.8, 4) is 0 Å². The van der Waals surface area contributed by atoms with Gasteiger partial charge >= 0.3 is 11.9 Å². The third kappa shape index (κ3) is 13.9. The van der Waals surface area contributed by atoms with E-state index in [9.17, 15) is 55.1 Å². The van der Waals surface area contributed by atoms with E-state index >= 15 is 0 Å². The van der Waals surface area contributed by atoms with Gasteiger partial charge in [0.15, 0.2) is 24.8 Å². The van der Waals surface area contributed by atoms with E-state index in [-0.39, 0.29) is 47.1 Å². The zero-order valence-corrected chi connectivity index (χ0v) is 42.5. The van der Waals surface area contributed by atoms with Crippen LogP contribution in [0.5, 0.6) is 0 Å². The lowest BCUT2D eigenvalue weighted by Crippen LogP contribution is -2.64. The lowest BCUT2D eigenvalue weighted by Gasteiger charge is -2.48. The van der Waals surface area contributed by atoms with Gasteiger partial charge in [-0.2, -0.15) is 0 Å². The maximum atomic E-state index is 14.2. The van der Waals surface area contributed by atoms with Crippen molar-refractivity contribution in [1.29, 1.82) is 0 Å². The van der Waals surface area contributed by atoms with Crippen molar-refractivity contribution in [2.24, 2.45) is 17.8 Å². The van der Waals surface area contributed by atoms with Gasteiger partial charge in [-0.15, -0.1) is 5.10 Å². The lowest BCUT2D eigenvalue weighted by atomic mass is 9.75. The number of ether oxygens (including phenoxy) is 6. The third-order valence-corrected chi connectivity index (χ3v) is 15.6. The Hall–Kier alpha value is -5.07. The molecule has 6 unspecified atom stereocenters. The van der Waals surface area contributed by atoms with Crippen molar-refractivity contribution in [2.75, 3.05) is 6.61 Å². The van der Waals surface area contributed by atoms with Crippen LogP contribution in [0, 0.1) is 27.9 Å². The highest BCUT2D eigenvalue weighted by Gasteiger charge is 2.54. The molecule has 21 nitrogen and oxygen atoms in total. The molecule has 15 atom stereocenters. The van der Waals surface area contributed by atoms with E-state index in [0.717, 1.165) is 73.8 Å².